The molecule has 2 atom stereocenters. The summed E-state index contributed by atoms with van der Waals surface area (Å²) >= 11 is 0. The minimum absolute atomic E-state index is 0.415. The molecule has 1 aromatic rings. The lowest BCUT2D eigenvalue weighted by Gasteiger charge is -2.32. The number of likely N-dealkylation sites (N-methyl/N-ethyl adjacent to an activating group) is 1. The van der Waals surface area contributed by atoms with Gasteiger partial charge >= 0.3 is 0 Å². The molecule has 3 nitrogen and oxygen atoms in total. The molecule has 112 valence electrons. The fourth-order valence-corrected chi connectivity index (χ4v) is 2.80. The van der Waals surface area contributed by atoms with Crippen molar-refractivity contribution in [1.82, 2.24) is 10.2 Å². The molecule has 0 saturated carbocycles. The first-order valence-corrected chi connectivity index (χ1v) is 7.80. The Labute approximate surface area is 123 Å². The molecule has 1 N–H and O–H groups in total. The van der Waals surface area contributed by atoms with E-state index in [1.807, 2.05) is 7.05 Å². The molecule has 0 aliphatic carbocycles. The number of rotatable bonds is 6. The Kier molecular flexibility index (Phi) is 6.02. The largest absolute Gasteiger partial charge is 0.376 e. The Balaban J connectivity index is 1.90. The molecule has 1 heterocycles. The van der Waals surface area contributed by atoms with E-state index >= 15 is 0 Å². The fraction of sp³-hybridized carbons (Fsp3) is 0.647. The predicted octanol–water partition coefficient (Wildman–Crippen LogP) is 2.62. The summed E-state index contributed by atoms with van der Waals surface area (Å²) in [6, 6.07) is 9.10. The fourth-order valence-electron chi connectivity index (χ4n) is 2.80. The third-order valence-electron chi connectivity index (χ3n) is 4.14. The first kappa shape index (κ1) is 15.5. The van der Waals surface area contributed by atoms with E-state index in [-0.39, 0.29) is 0 Å². The molecule has 1 aromatic carbocycles. The molecule has 0 spiro atoms. The average Bonchev–Trinajstić information content (AvgIpc) is 2.48. The Morgan fingerprint density at radius 2 is 2.10 bits per heavy atom. The molecule has 3 heteroatoms. The zero-order valence-electron chi connectivity index (χ0n) is 13.1. The van der Waals surface area contributed by atoms with E-state index in [4.69, 9.17) is 4.74 Å². The molecule has 0 bridgehead atoms. The highest BCUT2D eigenvalue weighted by Gasteiger charge is 2.18. The van der Waals surface area contributed by atoms with E-state index in [0.717, 1.165) is 39.2 Å². The van der Waals surface area contributed by atoms with Crippen LogP contribution in [0.15, 0.2) is 24.3 Å². The van der Waals surface area contributed by atoms with Gasteiger partial charge in [0, 0.05) is 26.2 Å². The van der Waals surface area contributed by atoms with Gasteiger partial charge in [0.25, 0.3) is 0 Å². The summed E-state index contributed by atoms with van der Waals surface area (Å²) in [6.07, 6.45) is 1.52. The SMILES string of the molecule is CCC1CN(Cc2ccc(C(C)CNC)cc2)CCO1. The maximum atomic E-state index is 5.72. The molecule has 1 aliphatic rings. The van der Waals surface area contributed by atoms with E-state index in [1.165, 1.54) is 11.1 Å². The summed E-state index contributed by atoms with van der Waals surface area (Å²) in [6.45, 7) is 9.52. The number of hydrogen-bond donors (Lipinski definition) is 1. The zero-order chi connectivity index (χ0) is 14.4. The number of nitrogens with zero attached hydrogens (tertiary/aromatic N) is 1. The number of ether oxygens (including phenoxy) is 1. The Hall–Kier alpha value is -0.900. The van der Waals surface area contributed by atoms with Crippen LogP contribution in [-0.4, -0.2) is 44.3 Å². The van der Waals surface area contributed by atoms with Crippen LogP contribution in [0.3, 0.4) is 0 Å². The van der Waals surface area contributed by atoms with Crippen LogP contribution >= 0.6 is 0 Å². The van der Waals surface area contributed by atoms with E-state index in [2.05, 4.69) is 48.3 Å². The maximum absolute atomic E-state index is 5.72. The third-order valence-corrected chi connectivity index (χ3v) is 4.14. The van der Waals surface area contributed by atoms with Gasteiger partial charge in [0.2, 0.25) is 0 Å². The van der Waals surface area contributed by atoms with Crippen molar-refractivity contribution >= 4 is 0 Å². The van der Waals surface area contributed by atoms with Gasteiger partial charge < -0.3 is 10.1 Å². The second-order valence-electron chi connectivity index (χ2n) is 5.84. The molecule has 20 heavy (non-hydrogen) atoms. The quantitative estimate of drug-likeness (QED) is 0.864. The smallest absolute Gasteiger partial charge is 0.0700 e. The summed E-state index contributed by atoms with van der Waals surface area (Å²) in [7, 11) is 2.01. The average molecular weight is 276 g/mol. The van der Waals surface area contributed by atoms with Crippen molar-refractivity contribution in [2.24, 2.45) is 0 Å². The third kappa shape index (κ3) is 4.30. The molecular weight excluding hydrogens is 248 g/mol. The minimum atomic E-state index is 0.415. The van der Waals surface area contributed by atoms with Crippen LogP contribution in [0.25, 0.3) is 0 Å². The van der Waals surface area contributed by atoms with Crippen molar-refractivity contribution in [1.29, 1.82) is 0 Å². The number of morpholine rings is 1. The van der Waals surface area contributed by atoms with Crippen molar-refractivity contribution in [3.63, 3.8) is 0 Å². The van der Waals surface area contributed by atoms with Crippen LogP contribution in [0.1, 0.15) is 37.3 Å². The molecule has 1 aliphatic heterocycles. The number of nitrogens with one attached hydrogen (secondary N) is 1. The summed E-state index contributed by atoms with van der Waals surface area (Å²) in [5.74, 6) is 0.571. The van der Waals surface area contributed by atoms with Gasteiger partial charge in [0.15, 0.2) is 0 Å². The highest BCUT2D eigenvalue weighted by Crippen LogP contribution is 2.17. The molecule has 1 fully saturated rings. The van der Waals surface area contributed by atoms with Crippen LogP contribution < -0.4 is 5.32 Å². The van der Waals surface area contributed by atoms with Gasteiger partial charge in [-0.15, -0.1) is 0 Å². The molecule has 2 rings (SSSR count). The monoisotopic (exact) mass is 276 g/mol. The van der Waals surface area contributed by atoms with Crippen molar-refractivity contribution in [3.05, 3.63) is 35.4 Å². The van der Waals surface area contributed by atoms with Gasteiger partial charge in [0.05, 0.1) is 12.7 Å². The Morgan fingerprint density at radius 1 is 1.35 bits per heavy atom. The molecule has 0 aromatic heterocycles. The van der Waals surface area contributed by atoms with E-state index in [1.54, 1.807) is 0 Å². The summed E-state index contributed by atoms with van der Waals surface area (Å²) in [5.41, 5.74) is 2.82. The van der Waals surface area contributed by atoms with Crippen LogP contribution in [0.4, 0.5) is 0 Å². The van der Waals surface area contributed by atoms with Crippen molar-refractivity contribution in [2.45, 2.75) is 38.8 Å². The minimum Gasteiger partial charge on any atom is -0.376 e. The van der Waals surface area contributed by atoms with Crippen LogP contribution in [0, 0.1) is 0 Å². The van der Waals surface area contributed by atoms with Gasteiger partial charge in [-0.2, -0.15) is 0 Å². The first-order chi connectivity index (χ1) is 9.72. The lowest BCUT2D eigenvalue weighted by molar-refractivity contribution is -0.0324. The molecule has 2 unspecified atom stereocenters. The van der Waals surface area contributed by atoms with Crippen molar-refractivity contribution in [2.75, 3.05) is 33.3 Å². The highest BCUT2D eigenvalue weighted by molar-refractivity contribution is 5.25. The molecular formula is C17H28N2O. The topological polar surface area (TPSA) is 24.5 Å². The lowest BCUT2D eigenvalue weighted by Crippen LogP contribution is -2.41. The predicted molar refractivity (Wildman–Crippen MR) is 84.1 cm³/mol. The number of benzene rings is 1. The zero-order valence-corrected chi connectivity index (χ0v) is 13.1. The highest BCUT2D eigenvalue weighted by atomic mass is 16.5. The molecule has 0 radical (unpaired) electrons. The van der Waals surface area contributed by atoms with E-state index in [9.17, 15) is 0 Å². The van der Waals surface area contributed by atoms with Crippen molar-refractivity contribution < 1.29 is 4.74 Å². The second-order valence-corrected chi connectivity index (χ2v) is 5.84. The summed E-state index contributed by atoms with van der Waals surface area (Å²) in [5, 5.41) is 3.24. The van der Waals surface area contributed by atoms with Crippen molar-refractivity contribution in [3.8, 4) is 0 Å². The van der Waals surface area contributed by atoms with E-state index < -0.39 is 0 Å². The number of hydrogen-bond acceptors (Lipinski definition) is 3. The van der Waals surface area contributed by atoms with Crippen LogP contribution in [-0.2, 0) is 11.3 Å². The second kappa shape index (κ2) is 7.77. The Bertz CT molecular complexity index is 390. The van der Waals surface area contributed by atoms with Crippen LogP contribution in [0.5, 0.6) is 0 Å². The summed E-state index contributed by atoms with van der Waals surface area (Å²) in [4.78, 5) is 2.50. The first-order valence-electron chi connectivity index (χ1n) is 7.80. The van der Waals surface area contributed by atoms with Gasteiger partial charge in [-0.05, 0) is 30.5 Å². The standard InChI is InChI=1S/C17H28N2O/c1-4-17-13-19(9-10-20-17)12-15-5-7-16(8-6-15)14(2)11-18-3/h5-8,14,17-18H,4,9-13H2,1-3H3. The lowest BCUT2D eigenvalue weighted by atomic mass is 9.99. The van der Waals surface area contributed by atoms with E-state index in [0.29, 0.717) is 12.0 Å². The Morgan fingerprint density at radius 3 is 2.75 bits per heavy atom. The van der Waals surface area contributed by atoms with Gasteiger partial charge in [-0.3, -0.25) is 4.90 Å². The maximum Gasteiger partial charge on any atom is 0.0700 e. The molecule has 0 amide bonds. The van der Waals surface area contributed by atoms with Gasteiger partial charge in [-0.25, -0.2) is 0 Å². The normalized spacial score (nSPS) is 21.9. The summed E-state index contributed by atoms with van der Waals surface area (Å²) < 4.78 is 5.72. The van der Waals surface area contributed by atoms with Gasteiger partial charge in [-0.1, -0.05) is 38.1 Å². The molecule has 1 saturated heterocycles. The van der Waals surface area contributed by atoms with Gasteiger partial charge in [0.1, 0.15) is 0 Å². The van der Waals surface area contributed by atoms with Crippen LogP contribution in [0.2, 0.25) is 0 Å².